The summed E-state index contributed by atoms with van der Waals surface area (Å²) in [4.78, 5) is 0. The molecule has 0 aromatic rings. The smallest absolute Gasteiger partial charge is 0.00116 e. The Labute approximate surface area is 82.6 Å². The summed E-state index contributed by atoms with van der Waals surface area (Å²) in [5.41, 5.74) is 1.70. The van der Waals surface area contributed by atoms with Gasteiger partial charge in [0, 0.05) is 0 Å². The SMILES string of the molecule is CCCCC/C=C1/CCCNCC1. The van der Waals surface area contributed by atoms with Gasteiger partial charge in [-0.2, -0.15) is 0 Å². The fourth-order valence-corrected chi connectivity index (χ4v) is 1.84. The van der Waals surface area contributed by atoms with E-state index in [9.17, 15) is 0 Å². The molecule has 1 nitrogen and oxygen atoms in total. The van der Waals surface area contributed by atoms with Gasteiger partial charge in [-0.05, 0) is 45.2 Å². The lowest BCUT2D eigenvalue weighted by molar-refractivity contribution is 0.703. The van der Waals surface area contributed by atoms with Crippen LogP contribution in [0.3, 0.4) is 0 Å². The predicted octanol–water partition coefficient (Wildman–Crippen LogP) is 3.27. The molecule has 1 fully saturated rings. The first-order chi connectivity index (χ1) is 6.43. The molecule has 0 amide bonds. The standard InChI is InChI=1S/C12H23N/c1-2-3-4-5-7-12-8-6-10-13-11-9-12/h7,13H,2-6,8-11H2,1H3/b12-7-. The number of rotatable bonds is 4. The molecule has 0 bridgehead atoms. The van der Waals surface area contributed by atoms with Crippen LogP contribution in [0.1, 0.15) is 51.9 Å². The summed E-state index contributed by atoms with van der Waals surface area (Å²) in [6, 6.07) is 0. The molecule has 0 saturated carbocycles. The Kier molecular flexibility index (Phi) is 5.92. The molecule has 76 valence electrons. The number of hydrogen-bond donors (Lipinski definition) is 1. The largest absolute Gasteiger partial charge is 0.316 e. The highest BCUT2D eigenvalue weighted by molar-refractivity contribution is 5.03. The van der Waals surface area contributed by atoms with Crippen molar-refractivity contribution in [3.8, 4) is 0 Å². The third kappa shape index (κ3) is 5.09. The maximum Gasteiger partial charge on any atom is -0.00116 e. The lowest BCUT2D eigenvalue weighted by atomic mass is 10.1. The van der Waals surface area contributed by atoms with Crippen molar-refractivity contribution in [1.29, 1.82) is 0 Å². The number of allylic oxidation sites excluding steroid dienone is 1. The van der Waals surface area contributed by atoms with Crippen LogP contribution in [0.5, 0.6) is 0 Å². The summed E-state index contributed by atoms with van der Waals surface area (Å²) >= 11 is 0. The number of nitrogens with one attached hydrogen (secondary N) is 1. The highest BCUT2D eigenvalue weighted by Crippen LogP contribution is 2.14. The zero-order valence-electron chi connectivity index (χ0n) is 8.94. The predicted molar refractivity (Wildman–Crippen MR) is 58.9 cm³/mol. The quantitative estimate of drug-likeness (QED) is 0.518. The number of hydrogen-bond acceptors (Lipinski definition) is 1. The van der Waals surface area contributed by atoms with Gasteiger partial charge in [-0.15, -0.1) is 0 Å². The van der Waals surface area contributed by atoms with Crippen LogP contribution < -0.4 is 5.32 Å². The first kappa shape index (κ1) is 10.8. The van der Waals surface area contributed by atoms with E-state index in [1.165, 1.54) is 58.0 Å². The van der Waals surface area contributed by atoms with E-state index in [4.69, 9.17) is 0 Å². The van der Waals surface area contributed by atoms with Crippen LogP contribution in [0.25, 0.3) is 0 Å². The topological polar surface area (TPSA) is 12.0 Å². The molecule has 0 aromatic carbocycles. The average Bonchev–Trinajstić information content (AvgIpc) is 2.41. The molecule has 1 heteroatoms. The van der Waals surface area contributed by atoms with E-state index in [0.29, 0.717) is 0 Å². The van der Waals surface area contributed by atoms with Gasteiger partial charge in [-0.25, -0.2) is 0 Å². The van der Waals surface area contributed by atoms with Crippen molar-refractivity contribution >= 4 is 0 Å². The number of unbranched alkanes of at least 4 members (excludes halogenated alkanes) is 3. The van der Waals surface area contributed by atoms with Crippen LogP contribution in [-0.4, -0.2) is 13.1 Å². The van der Waals surface area contributed by atoms with Crippen LogP contribution in [0.2, 0.25) is 0 Å². The molecule has 13 heavy (non-hydrogen) atoms. The first-order valence-corrected chi connectivity index (χ1v) is 5.82. The van der Waals surface area contributed by atoms with E-state index in [-0.39, 0.29) is 0 Å². The van der Waals surface area contributed by atoms with Crippen molar-refractivity contribution in [1.82, 2.24) is 5.32 Å². The lowest BCUT2D eigenvalue weighted by Gasteiger charge is -2.01. The fraction of sp³-hybridized carbons (Fsp3) is 0.833. The van der Waals surface area contributed by atoms with E-state index in [1.807, 2.05) is 0 Å². The molecular formula is C12H23N. The molecule has 0 atom stereocenters. The van der Waals surface area contributed by atoms with E-state index in [2.05, 4.69) is 18.3 Å². The monoisotopic (exact) mass is 181 g/mol. The normalized spacial score (nSPS) is 21.8. The summed E-state index contributed by atoms with van der Waals surface area (Å²) in [5.74, 6) is 0. The van der Waals surface area contributed by atoms with Crippen molar-refractivity contribution in [3.05, 3.63) is 11.6 Å². The van der Waals surface area contributed by atoms with E-state index < -0.39 is 0 Å². The van der Waals surface area contributed by atoms with Crippen LogP contribution >= 0.6 is 0 Å². The highest BCUT2D eigenvalue weighted by atomic mass is 14.8. The Bertz CT molecular complexity index is 139. The van der Waals surface area contributed by atoms with Gasteiger partial charge in [-0.3, -0.25) is 0 Å². The average molecular weight is 181 g/mol. The van der Waals surface area contributed by atoms with Crippen LogP contribution in [0, 0.1) is 0 Å². The maximum atomic E-state index is 3.44. The van der Waals surface area contributed by atoms with E-state index in [0.717, 1.165) is 0 Å². The second-order valence-corrected chi connectivity index (χ2v) is 3.96. The van der Waals surface area contributed by atoms with Crippen LogP contribution in [-0.2, 0) is 0 Å². The van der Waals surface area contributed by atoms with Gasteiger partial charge in [0.2, 0.25) is 0 Å². The summed E-state index contributed by atoms with van der Waals surface area (Å²) in [7, 11) is 0. The Morgan fingerprint density at radius 2 is 2.15 bits per heavy atom. The molecule has 0 aliphatic carbocycles. The van der Waals surface area contributed by atoms with Crippen LogP contribution in [0.4, 0.5) is 0 Å². The molecule has 0 aromatic heterocycles. The zero-order valence-corrected chi connectivity index (χ0v) is 8.94. The van der Waals surface area contributed by atoms with Crippen molar-refractivity contribution in [2.45, 2.75) is 51.9 Å². The summed E-state index contributed by atoms with van der Waals surface area (Å²) < 4.78 is 0. The van der Waals surface area contributed by atoms with Gasteiger partial charge < -0.3 is 5.32 Å². The van der Waals surface area contributed by atoms with Gasteiger partial charge >= 0.3 is 0 Å². The Hall–Kier alpha value is -0.300. The van der Waals surface area contributed by atoms with Gasteiger partial charge in [-0.1, -0.05) is 31.4 Å². The third-order valence-corrected chi connectivity index (χ3v) is 2.72. The highest BCUT2D eigenvalue weighted by Gasteiger charge is 2.01. The van der Waals surface area contributed by atoms with Crippen LogP contribution in [0.15, 0.2) is 11.6 Å². The van der Waals surface area contributed by atoms with E-state index in [1.54, 1.807) is 5.57 Å². The van der Waals surface area contributed by atoms with Gasteiger partial charge in [0.15, 0.2) is 0 Å². The molecule has 1 heterocycles. The second kappa shape index (κ2) is 7.14. The van der Waals surface area contributed by atoms with Gasteiger partial charge in [0.25, 0.3) is 0 Å². The maximum absolute atomic E-state index is 3.44. The molecule has 1 rings (SSSR count). The Morgan fingerprint density at radius 1 is 1.23 bits per heavy atom. The third-order valence-electron chi connectivity index (χ3n) is 2.72. The molecule has 0 radical (unpaired) electrons. The molecule has 0 unspecified atom stereocenters. The van der Waals surface area contributed by atoms with Crippen molar-refractivity contribution < 1.29 is 0 Å². The lowest BCUT2D eigenvalue weighted by Crippen LogP contribution is -2.13. The van der Waals surface area contributed by atoms with Gasteiger partial charge in [0.1, 0.15) is 0 Å². The molecule has 0 spiro atoms. The fourth-order valence-electron chi connectivity index (χ4n) is 1.84. The molecule has 1 aliphatic rings. The summed E-state index contributed by atoms with van der Waals surface area (Å²) in [6.45, 7) is 4.68. The minimum Gasteiger partial charge on any atom is -0.316 e. The molecule has 1 aliphatic heterocycles. The molecular weight excluding hydrogens is 158 g/mol. The van der Waals surface area contributed by atoms with Gasteiger partial charge in [0.05, 0.1) is 0 Å². The first-order valence-electron chi connectivity index (χ1n) is 5.82. The minimum atomic E-state index is 1.19. The van der Waals surface area contributed by atoms with Crippen molar-refractivity contribution in [2.24, 2.45) is 0 Å². The van der Waals surface area contributed by atoms with Crippen molar-refractivity contribution in [3.63, 3.8) is 0 Å². The summed E-state index contributed by atoms with van der Waals surface area (Å²) in [6.07, 6.45) is 11.9. The Morgan fingerprint density at radius 3 is 3.00 bits per heavy atom. The minimum absolute atomic E-state index is 1.19. The summed E-state index contributed by atoms with van der Waals surface area (Å²) in [5, 5.41) is 3.44. The molecule has 1 saturated heterocycles. The zero-order chi connectivity index (χ0) is 9.36. The molecule has 1 N–H and O–H groups in total. The van der Waals surface area contributed by atoms with Crippen molar-refractivity contribution in [2.75, 3.05) is 13.1 Å². The van der Waals surface area contributed by atoms with E-state index >= 15 is 0 Å². The Balaban J connectivity index is 2.15. The second-order valence-electron chi connectivity index (χ2n) is 3.96.